The first kappa shape index (κ1) is 57.7. The Labute approximate surface area is 469 Å². The number of nitrogens with one attached hydrogen (secondary N) is 3. The van der Waals surface area contributed by atoms with Crippen molar-refractivity contribution in [2.75, 3.05) is 33.9 Å². The number of amides is 4. The molecule has 1 aromatic heterocycles. The second-order valence-corrected chi connectivity index (χ2v) is 24.8. The van der Waals surface area contributed by atoms with Crippen LogP contribution in [-0.2, 0) is 63.8 Å². The summed E-state index contributed by atoms with van der Waals surface area (Å²) >= 11 is 0. The van der Waals surface area contributed by atoms with Crippen LogP contribution in [0.4, 0.5) is 0 Å². The highest BCUT2D eigenvalue weighted by Gasteiger charge is 2.45. The number of aromatic nitrogens is 1. The van der Waals surface area contributed by atoms with Crippen LogP contribution < -0.4 is 15.5 Å². The Bertz CT molecular complexity index is 3020. The minimum Gasteiger partial charge on any atom is -0.464 e. The number of esters is 1. The number of nitrogens with zero attached hydrogens (tertiary/aromatic N) is 5. The minimum atomic E-state index is -1.50. The van der Waals surface area contributed by atoms with Crippen LogP contribution in [-0.4, -0.2) is 130 Å². The number of allylic oxidation sites excluding steroid dienone is 1. The first-order chi connectivity index (χ1) is 37.9. The van der Waals surface area contributed by atoms with E-state index in [9.17, 15) is 18.6 Å². The highest BCUT2D eigenvalue weighted by atomic mass is 32.2. The quantitative estimate of drug-likeness (QED) is 0.105. The standard InChI is InChI=1S/C62H82N8O8S/c1-10-68-53-27-24-45-35-49(53)50(57(68)48-20-14-29-63-55(48)41(5)77-9)36-62(6,7)37-78-61(75)51-21-15-30-70(65-51)60(74)52(34-42-16-13-19-44(45)33-42)64-58(72)56(43-17-11-12-18-43)67(8)59(73)47-28-31-69(40(47)4)54(71)32-39(3)66-79(76)46-25-22-38(2)23-26-46/h13,16,19,22-27,29,33,35,39-41,43,47,51-52,56,65-66H,10-12,14-15,17-18,20-21,28,30-32,34,36-37H2,1-9H3,(H,64,72)/t39-,40+,41+,47-,51+,52+,56+,79?/m1/s1. The van der Waals surface area contributed by atoms with Gasteiger partial charge in [0, 0.05) is 86.8 Å². The molecule has 1 saturated carbocycles. The van der Waals surface area contributed by atoms with Crippen molar-refractivity contribution in [1.29, 1.82) is 0 Å². The van der Waals surface area contributed by atoms with Gasteiger partial charge in [-0.15, -0.1) is 0 Å². The fourth-order valence-electron chi connectivity index (χ4n) is 12.8. The summed E-state index contributed by atoms with van der Waals surface area (Å²) in [7, 11) is 1.91. The molecule has 3 fully saturated rings. The largest absolute Gasteiger partial charge is 0.464 e. The molecule has 3 N–H and O–H groups in total. The highest BCUT2D eigenvalue weighted by Crippen LogP contribution is 2.42. The van der Waals surface area contributed by atoms with E-state index in [-0.39, 0.29) is 55.2 Å². The maximum Gasteiger partial charge on any atom is 0.324 e. The second kappa shape index (κ2) is 24.8. The average Bonchev–Trinajstić information content (AvgIpc) is 4.38. The number of carbonyl (C=O) groups excluding carboxylic acids is 5. The van der Waals surface area contributed by atoms with Crippen LogP contribution in [0.2, 0.25) is 0 Å². The Morgan fingerprint density at radius 1 is 0.975 bits per heavy atom. The third-order valence-corrected chi connectivity index (χ3v) is 18.5. The van der Waals surface area contributed by atoms with Crippen LogP contribution >= 0.6 is 0 Å². The van der Waals surface area contributed by atoms with E-state index in [0.29, 0.717) is 43.7 Å². The minimum absolute atomic E-state index is 0.102. The van der Waals surface area contributed by atoms with Gasteiger partial charge in [-0.25, -0.2) is 14.4 Å². The number of ether oxygens (including phenoxy) is 2. The third kappa shape index (κ3) is 12.6. The Balaban J connectivity index is 1.01. The van der Waals surface area contributed by atoms with E-state index in [0.717, 1.165) is 95.2 Å². The molecule has 5 heterocycles. The highest BCUT2D eigenvalue weighted by molar-refractivity contribution is 7.83. The van der Waals surface area contributed by atoms with Gasteiger partial charge in [0.25, 0.3) is 5.91 Å². The first-order valence-electron chi connectivity index (χ1n) is 28.7. The Hall–Kier alpha value is -6.01. The molecule has 0 spiro atoms. The normalized spacial score (nSPS) is 23.5. The van der Waals surface area contributed by atoms with Gasteiger partial charge in [-0.05, 0) is 138 Å². The molecule has 1 unspecified atom stereocenters. The van der Waals surface area contributed by atoms with Crippen molar-refractivity contribution in [3.05, 3.63) is 94.8 Å². The molecule has 79 heavy (non-hydrogen) atoms. The Morgan fingerprint density at radius 3 is 2.46 bits per heavy atom. The molecule has 9 rings (SSSR count). The summed E-state index contributed by atoms with van der Waals surface area (Å²) < 4.78 is 30.6. The smallest absolute Gasteiger partial charge is 0.324 e. The second-order valence-electron chi connectivity index (χ2n) is 23.6. The van der Waals surface area contributed by atoms with Crippen molar-refractivity contribution in [1.82, 2.24) is 34.8 Å². The van der Waals surface area contributed by atoms with Crippen molar-refractivity contribution in [2.45, 2.75) is 173 Å². The number of hydrogen-bond acceptors (Lipinski definition) is 10. The van der Waals surface area contributed by atoms with E-state index < -0.39 is 58.4 Å². The third-order valence-electron chi connectivity index (χ3n) is 17.2. The molecule has 2 saturated heterocycles. The molecule has 4 aliphatic heterocycles. The summed E-state index contributed by atoms with van der Waals surface area (Å²) in [6, 6.07) is 18.6. The molecule has 8 atom stereocenters. The van der Waals surface area contributed by atoms with Crippen LogP contribution in [0, 0.1) is 24.2 Å². The number of benzene rings is 3. The average molecular weight is 1100 g/mol. The lowest BCUT2D eigenvalue weighted by molar-refractivity contribution is -0.155. The fourth-order valence-corrected chi connectivity index (χ4v) is 13.8. The Morgan fingerprint density at radius 2 is 1.72 bits per heavy atom. The maximum absolute atomic E-state index is 15.2. The van der Waals surface area contributed by atoms with Crippen molar-refractivity contribution < 1.29 is 37.7 Å². The SMILES string of the molecule is CCn1c(C2=C([C@H](C)OC)N=CCC2)c2c3cc(ccc31)-c1cccc(c1)C[C@H](NC(=O)[C@H](C1CCCC1)N(C)C(=O)[C@@H]1CCN(C(=O)C[C@@H](C)NS(=O)c3ccc(C)cc3)[C@H]1C)C(=O)N1CCC[C@H](N1)C(=O)OCC(C)(C)C2. The lowest BCUT2D eigenvalue weighted by Crippen LogP contribution is -2.62. The van der Waals surface area contributed by atoms with Gasteiger partial charge < -0.3 is 29.2 Å². The van der Waals surface area contributed by atoms with Crippen molar-refractivity contribution in [3.63, 3.8) is 0 Å². The van der Waals surface area contributed by atoms with Gasteiger partial charge in [0.05, 0.1) is 34.9 Å². The van der Waals surface area contributed by atoms with E-state index in [2.05, 4.69) is 71.1 Å². The van der Waals surface area contributed by atoms with E-state index >= 15 is 9.59 Å². The van der Waals surface area contributed by atoms with Crippen LogP contribution in [0.1, 0.15) is 128 Å². The molecule has 5 aliphatic rings. The van der Waals surface area contributed by atoms with Crippen molar-refractivity contribution >= 4 is 63.3 Å². The predicted molar refractivity (Wildman–Crippen MR) is 309 cm³/mol. The zero-order valence-electron chi connectivity index (χ0n) is 47.8. The molecule has 0 radical (unpaired) electrons. The number of fused-ring (bicyclic) bond motifs is 6. The number of aliphatic imine (C=N–C) groups is 1. The van der Waals surface area contributed by atoms with E-state index in [1.165, 1.54) is 10.6 Å². The molecular weight excluding hydrogens is 1020 g/mol. The van der Waals surface area contributed by atoms with E-state index in [1.54, 1.807) is 24.0 Å². The molecule has 17 heteroatoms. The molecule has 3 aromatic carbocycles. The van der Waals surface area contributed by atoms with Gasteiger partial charge in [0.1, 0.15) is 29.1 Å². The number of aryl methyl sites for hydroxylation is 2. The number of cyclic esters (lactones) is 1. The summed E-state index contributed by atoms with van der Waals surface area (Å²) in [5.41, 5.74) is 12.1. The van der Waals surface area contributed by atoms with E-state index in [4.69, 9.17) is 14.5 Å². The van der Waals surface area contributed by atoms with Gasteiger partial charge in [0.2, 0.25) is 17.7 Å². The molecule has 16 nitrogen and oxygen atoms in total. The van der Waals surface area contributed by atoms with E-state index in [1.807, 2.05) is 70.3 Å². The van der Waals surface area contributed by atoms with Gasteiger partial charge in [-0.2, -0.15) is 0 Å². The van der Waals surface area contributed by atoms with Gasteiger partial charge >= 0.3 is 5.97 Å². The summed E-state index contributed by atoms with van der Waals surface area (Å²) in [4.78, 5) is 81.8. The maximum atomic E-state index is 15.2. The number of likely N-dealkylation sites (N-methyl/N-ethyl adjacent to an activating group) is 1. The van der Waals surface area contributed by atoms with Crippen LogP contribution in [0.5, 0.6) is 0 Å². The van der Waals surface area contributed by atoms with Gasteiger partial charge in [-0.3, -0.25) is 34.0 Å². The summed E-state index contributed by atoms with van der Waals surface area (Å²) in [5, 5.41) is 5.77. The monoisotopic (exact) mass is 1100 g/mol. The molecular formula is C62H82N8O8S. The number of rotatable bonds is 14. The Kier molecular flexibility index (Phi) is 18.1. The lowest BCUT2D eigenvalue weighted by Gasteiger charge is -2.37. The number of methoxy groups -OCH3 is 1. The van der Waals surface area contributed by atoms with Crippen LogP contribution in [0.15, 0.2) is 82.3 Å². The topological polar surface area (TPSA) is 184 Å². The van der Waals surface area contributed by atoms with Gasteiger partial charge in [0.15, 0.2) is 0 Å². The molecule has 6 bridgehead atoms. The van der Waals surface area contributed by atoms with Crippen molar-refractivity contribution in [3.8, 4) is 11.1 Å². The zero-order chi connectivity index (χ0) is 56.3. The van der Waals surface area contributed by atoms with Gasteiger partial charge in [-0.1, -0.05) is 74.7 Å². The van der Waals surface area contributed by atoms with Crippen LogP contribution in [0.25, 0.3) is 27.6 Å². The number of hydrazine groups is 1. The molecule has 424 valence electrons. The lowest BCUT2D eigenvalue weighted by atomic mass is 9.83. The summed E-state index contributed by atoms with van der Waals surface area (Å²) in [6.07, 6.45) is 9.04. The fraction of sp³-hybridized carbons (Fsp3) is 0.548. The zero-order valence-corrected chi connectivity index (χ0v) is 48.6. The number of likely N-dealkylation sites (tertiary alicyclic amines) is 1. The first-order valence-corrected chi connectivity index (χ1v) is 29.9. The number of hydrogen-bond donors (Lipinski definition) is 3. The summed E-state index contributed by atoms with van der Waals surface area (Å²) in [6.45, 7) is 15.7. The molecule has 4 aromatic rings. The number of carbonyl (C=O) groups is 5. The summed E-state index contributed by atoms with van der Waals surface area (Å²) in [5.74, 6) is -2.28. The predicted octanol–water partition coefficient (Wildman–Crippen LogP) is 8.24. The molecule has 4 amide bonds. The van der Waals surface area contributed by atoms with Crippen molar-refractivity contribution in [2.24, 2.45) is 22.2 Å². The van der Waals surface area contributed by atoms with Crippen LogP contribution in [0.3, 0.4) is 0 Å². The molecule has 1 aliphatic carbocycles.